The number of hydrazone groups is 1. The van der Waals surface area contributed by atoms with E-state index >= 15 is 0 Å². The molecule has 3 N–H and O–H groups in total. The molecular weight excluding hydrogens is 554 g/mol. The van der Waals surface area contributed by atoms with E-state index in [0.717, 1.165) is 21.3 Å². The highest BCUT2D eigenvalue weighted by molar-refractivity contribution is 9.11. The molecule has 0 radical (unpaired) electrons. The minimum Gasteiger partial charge on any atom is -0.506 e. The summed E-state index contributed by atoms with van der Waals surface area (Å²) in [7, 11) is 0. The van der Waals surface area contributed by atoms with Crippen molar-refractivity contribution in [2.45, 2.75) is 13.8 Å². The van der Waals surface area contributed by atoms with Crippen molar-refractivity contribution >= 4 is 61.6 Å². The van der Waals surface area contributed by atoms with E-state index in [9.17, 15) is 5.11 Å². The van der Waals surface area contributed by atoms with Crippen LogP contribution in [0.5, 0.6) is 5.75 Å². The maximum absolute atomic E-state index is 10.2. The number of hydrogen-bond acceptors (Lipinski definition) is 9. The number of aromatic nitrogens is 3. The van der Waals surface area contributed by atoms with E-state index in [4.69, 9.17) is 4.74 Å². The number of aryl methyl sites for hydroxylation is 2. The fraction of sp³-hybridized carbons (Fsp3) is 0.273. The lowest BCUT2D eigenvalue weighted by molar-refractivity contribution is 0.122. The Labute approximate surface area is 208 Å². The highest BCUT2D eigenvalue weighted by Gasteiger charge is 2.17. The number of morpholine rings is 1. The van der Waals surface area contributed by atoms with Gasteiger partial charge in [0.15, 0.2) is 0 Å². The van der Waals surface area contributed by atoms with Crippen LogP contribution in [-0.4, -0.2) is 52.6 Å². The molecule has 0 atom stereocenters. The molecule has 0 bridgehead atoms. The van der Waals surface area contributed by atoms with E-state index < -0.39 is 0 Å². The number of benzene rings is 2. The number of phenolic OH excluding ortho intramolecular Hbond substituents is 1. The van der Waals surface area contributed by atoms with Crippen molar-refractivity contribution in [3.05, 3.63) is 56.0 Å². The lowest BCUT2D eigenvalue weighted by Crippen LogP contribution is -2.37. The van der Waals surface area contributed by atoms with Gasteiger partial charge in [0.2, 0.25) is 17.8 Å². The minimum atomic E-state index is 0.0886. The number of nitrogens with zero attached hydrogens (tertiary/aromatic N) is 5. The molecule has 1 aliphatic heterocycles. The third kappa shape index (κ3) is 5.98. The Balaban J connectivity index is 1.62. The van der Waals surface area contributed by atoms with Crippen LogP contribution >= 0.6 is 31.9 Å². The first-order valence-corrected chi connectivity index (χ1v) is 11.9. The van der Waals surface area contributed by atoms with Crippen molar-refractivity contribution in [1.29, 1.82) is 0 Å². The number of ether oxygens (including phenoxy) is 1. The summed E-state index contributed by atoms with van der Waals surface area (Å²) in [6, 6.07) is 9.67. The zero-order valence-corrected chi connectivity index (χ0v) is 21.3. The lowest BCUT2D eigenvalue weighted by atomic mass is 10.1. The SMILES string of the molecule is Cc1ccc(C)c(Nc2nc(NN=Cc3cc(Br)cc(Br)c3O)nc(N3CCOCC3)n2)c1. The van der Waals surface area contributed by atoms with Gasteiger partial charge in [-0.2, -0.15) is 20.1 Å². The van der Waals surface area contributed by atoms with Crippen molar-refractivity contribution in [3.63, 3.8) is 0 Å². The van der Waals surface area contributed by atoms with E-state index in [-0.39, 0.29) is 11.7 Å². The van der Waals surface area contributed by atoms with Gasteiger partial charge in [0.25, 0.3) is 0 Å². The molecule has 0 unspecified atom stereocenters. The smallest absolute Gasteiger partial charge is 0.250 e. The molecule has 1 aliphatic rings. The Hall–Kier alpha value is -2.76. The normalized spacial score (nSPS) is 14.0. The maximum Gasteiger partial charge on any atom is 0.250 e. The van der Waals surface area contributed by atoms with Crippen molar-refractivity contribution in [2.24, 2.45) is 5.10 Å². The quantitative estimate of drug-likeness (QED) is 0.285. The van der Waals surface area contributed by atoms with E-state index in [2.05, 4.69) is 68.7 Å². The van der Waals surface area contributed by atoms with E-state index in [1.165, 1.54) is 6.21 Å². The van der Waals surface area contributed by atoms with Crippen LogP contribution in [0.2, 0.25) is 0 Å². The average Bonchev–Trinajstić information content (AvgIpc) is 2.80. The van der Waals surface area contributed by atoms with Crippen LogP contribution in [0.15, 0.2) is 44.4 Å². The Morgan fingerprint density at radius 3 is 2.61 bits per heavy atom. The second kappa shape index (κ2) is 10.4. The lowest BCUT2D eigenvalue weighted by Gasteiger charge is -2.27. The van der Waals surface area contributed by atoms with E-state index in [0.29, 0.717) is 48.2 Å². The molecule has 0 amide bonds. The number of nitrogens with one attached hydrogen (secondary N) is 2. The van der Waals surface area contributed by atoms with Gasteiger partial charge in [-0.3, -0.25) is 0 Å². The second-order valence-corrected chi connectivity index (χ2v) is 9.29. The van der Waals surface area contributed by atoms with Gasteiger partial charge in [-0.15, -0.1) is 0 Å². The van der Waals surface area contributed by atoms with Gasteiger partial charge < -0.3 is 20.1 Å². The number of aromatic hydroxyl groups is 1. The molecule has 0 aliphatic carbocycles. The molecule has 0 spiro atoms. The highest BCUT2D eigenvalue weighted by Crippen LogP contribution is 2.30. The monoisotopic (exact) mass is 575 g/mol. The molecule has 4 rings (SSSR count). The van der Waals surface area contributed by atoms with Crippen LogP contribution in [0.3, 0.4) is 0 Å². The first-order valence-electron chi connectivity index (χ1n) is 10.3. The van der Waals surface area contributed by atoms with Gasteiger partial charge >= 0.3 is 0 Å². The molecule has 2 heterocycles. The summed E-state index contributed by atoms with van der Waals surface area (Å²) in [6.45, 7) is 6.67. The molecule has 1 saturated heterocycles. The van der Waals surface area contributed by atoms with Crippen LogP contribution < -0.4 is 15.6 Å². The fourth-order valence-electron chi connectivity index (χ4n) is 3.21. The fourth-order valence-corrected chi connectivity index (χ4v) is 4.47. The Morgan fingerprint density at radius 1 is 1.06 bits per heavy atom. The molecule has 2 aromatic carbocycles. The minimum absolute atomic E-state index is 0.0886. The van der Waals surface area contributed by atoms with Gasteiger partial charge in [0, 0.05) is 28.8 Å². The van der Waals surface area contributed by atoms with Gasteiger partial charge in [0.1, 0.15) is 5.75 Å². The molecule has 11 heteroatoms. The van der Waals surface area contributed by atoms with Crippen molar-refractivity contribution in [2.75, 3.05) is 41.9 Å². The van der Waals surface area contributed by atoms with Crippen LogP contribution in [0.25, 0.3) is 0 Å². The Kier molecular flexibility index (Phi) is 7.41. The third-order valence-corrected chi connectivity index (χ3v) is 6.05. The van der Waals surface area contributed by atoms with Crippen molar-refractivity contribution in [1.82, 2.24) is 15.0 Å². The zero-order valence-electron chi connectivity index (χ0n) is 18.1. The number of halogens is 2. The topological polar surface area (TPSA) is 108 Å². The summed E-state index contributed by atoms with van der Waals surface area (Å²) in [5.74, 6) is 1.31. The van der Waals surface area contributed by atoms with Crippen LogP contribution in [-0.2, 0) is 4.74 Å². The Bertz CT molecular complexity index is 1180. The summed E-state index contributed by atoms with van der Waals surface area (Å²) in [6.07, 6.45) is 1.50. The summed E-state index contributed by atoms with van der Waals surface area (Å²) in [5, 5.41) is 17.8. The van der Waals surface area contributed by atoms with Crippen LogP contribution in [0.4, 0.5) is 23.5 Å². The predicted molar refractivity (Wildman–Crippen MR) is 137 cm³/mol. The van der Waals surface area contributed by atoms with Crippen molar-refractivity contribution in [3.8, 4) is 5.75 Å². The van der Waals surface area contributed by atoms with E-state index in [1.54, 1.807) is 12.1 Å². The summed E-state index contributed by atoms with van der Waals surface area (Å²) >= 11 is 6.73. The summed E-state index contributed by atoms with van der Waals surface area (Å²) in [4.78, 5) is 15.7. The average molecular weight is 577 g/mol. The molecule has 3 aromatic rings. The third-order valence-electron chi connectivity index (χ3n) is 4.98. The number of rotatable bonds is 6. The van der Waals surface area contributed by atoms with Crippen LogP contribution in [0.1, 0.15) is 16.7 Å². The molecule has 1 fully saturated rings. The Morgan fingerprint density at radius 2 is 1.82 bits per heavy atom. The summed E-state index contributed by atoms with van der Waals surface area (Å²) < 4.78 is 6.82. The standard InChI is InChI=1S/C22H23Br2N7O2/c1-13-3-4-14(2)18(9-13)26-20-27-21(29-22(28-20)31-5-7-33-8-6-31)30-25-12-15-10-16(23)11-17(24)19(15)32/h3-4,9-12,32H,5-8H2,1-2H3,(H2,26,27,28,29,30). The van der Waals surface area contributed by atoms with Gasteiger partial charge in [-0.05, 0) is 59.1 Å². The molecule has 0 saturated carbocycles. The number of phenols is 1. The predicted octanol–water partition coefficient (Wildman–Crippen LogP) is 4.75. The second-order valence-electron chi connectivity index (χ2n) is 7.52. The zero-order chi connectivity index (χ0) is 23.4. The van der Waals surface area contributed by atoms with Crippen LogP contribution in [0, 0.1) is 13.8 Å². The first-order chi connectivity index (χ1) is 15.9. The number of anilines is 4. The summed E-state index contributed by atoms with van der Waals surface area (Å²) in [5.41, 5.74) is 6.52. The van der Waals surface area contributed by atoms with Gasteiger partial charge in [-0.25, -0.2) is 5.43 Å². The van der Waals surface area contributed by atoms with Gasteiger partial charge in [0.05, 0.1) is 23.9 Å². The highest BCUT2D eigenvalue weighted by atomic mass is 79.9. The largest absolute Gasteiger partial charge is 0.506 e. The van der Waals surface area contributed by atoms with E-state index in [1.807, 2.05) is 30.9 Å². The molecule has 33 heavy (non-hydrogen) atoms. The molecule has 1 aromatic heterocycles. The molecule has 172 valence electrons. The molecular formula is C22H23Br2N7O2. The van der Waals surface area contributed by atoms with Crippen molar-refractivity contribution < 1.29 is 9.84 Å². The number of hydrogen-bond donors (Lipinski definition) is 3. The first kappa shape index (κ1) is 23.4. The maximum atomic E-state index is 10.2. The molecule has 9 nitrogen and oxygen atoms in total. The van der Waals surface area contributed by atoms with Gasteiger partial charge in [-0.1, -0.05) is 28.1 Å².